The Morgan fingerprint density at radius 1 is 1.28 bits per heavy atom. The number of thiophene rings is 1. The lowest BCUT2D eigenvalue weighted by atomic mass is 10.1. The van der Waals surface area contributed by atoms with Crippen molar-refractivity contribution in [2.24, 2.45) is 0 Å². The van der Waals surface area contributed by atoms with Crippen LogP contribution in [0.3, 0.4) is 0 Å². The van der Waals surface area contributed by atoms with Gasteiger partial charge in [0.05, 0.1) is 10.6 Å². The van der Waals surface area contributed by atoms with Crippen molar-refractivity contribution in [2.75, 3.05) is 16.9 Å². The molecule has 1 amide bonds. The third-order valence-corrected chi connectivity index (χ3v) is 5.10. The number of aromatic nitrogens is 3. The number of hydrogen-bond donors (Lipinski definition) is 2. The molecule has 7 nitrogen and oxygen atoms in total. The van der Waals surface area contributed by atoms with Crippen molar-refractivity contribution in [3.8, 4) is 10.7 Å². The van der Waals surface area contributed by atoms with Crippen LogP contribution >= 0.6 is 23.1 Å². The van der Waals surface area contributed by atoms with Crippen LogP contribution in [0.15, 0.2) is 46.9 Å². The molecule has 1 aromatic carbocycles. The number of nitrogen functional groups attached to an aromatic ring is 1. The van der Waals surface area contributed by atoms with Crippen molar-refractivity contribution >= 4 is 40.5 Å². The number of ketones is 1. The Morgan fingerprint density at radius 2 is 2.12 bits per heavy atom. The van der Waals surface area contributed by atoms with Gasteiger partial charge in [-0.05, 0) is 30.5 Å². The fourth-order valence-corrected chi connectivity index (χ4v) is 3.45. The number of amides is 1. The molecule has 128 valence electrons. The van der Waals surface area contributed by atoms with Gasteiger partial charge in [-0.1, -0.05) is 30.0 Å². The molecular formula is C16H15N5O2S2. The number of rotatable bonds is 6. The van der Waals surface area contributed by atoms with Crippen LogP contribution in [0.2, 0.25) is 0 Å². The van der Waals surface area contributed by atoms with Crippen molar-refractivity contribution in [3.63, 3.8) is 0 Å². The summed E-state index contributed by atoms with van der Waals surface area (Å²) in [6.07, 6.45) is 0. The van der Waals surface area contributed by atoms with Gasteiger partial charge in [-0.2, -0.15) is 0 Å². The fraction of sp³-hybridized carbons (Fsp3) is 0.125. The average molecular weight is 373 g/mol. The lowest BCUT2D eigenvalue weighted by molar-refractivity contribution is -0.113. The predicted molar refractivity (Wildman–Crippen MR) is 99.3 cm³/mol. The second-order valence-corrected chi connectivity index (χ2v) is 7.02. The second-order valence-electron chi connectivity index (χ2n) is 5.13. The van der Waals surface area contributed by atoms with Gasteiger partial charge >= 0.3 is 0 Å². The summed E-state index contributed by atoms with van der Waals surface area (Å²) in [4.78, 5) is 24.4. The molecule has 9 heteroatoms. The predicted octanol–water partition coefficient (Wildman–Crippen LogP) is 2.65. The molecule has 2 aromatic heterocycles. The number of benzene rings is 1. The minimum absolute atomic E-state index is 0.0530. The molecule has 0 aliphatic rings. The van der Waals surface area contributed by atoms with Crippen LogP contribution < -0.4 is 11.2 Å². The normalized spacial score (nSPS) is 10.6. The second kappa shape index (κ2) is 7.49. The highest BCUT2D eigenvalue weighted by Gasteiger charge is 2.14. The van der Waals surface area contributed by atoms with Crippen LogP contribution in [-0.2, 0) is 4.79 Å². The molecule has 3 rings (SSSR count). The summed E-state index contributed by atoms with van der Waals surface area (Å²) < 4.78 is 1.38. The first-order chi connectivity index (χ1) is 12.0. The summed E-state index contributed by atoms with van der Waals surface area (Å²) in [5.41, 5.74) is 1.12. The molecule has 0 unspecified atom stereocenters. The van der Waals surface area contributed by atoms with Gasteiger partial charge in [-0.3, -0.25) is 9.59 Å². The number of thioether (sulfide) groups is 1. The van der Waals surface area contributed by atoms with E-state index in [-0.39, 0.29) is 17.4 Å². The minimum Gasteiger partial charge on any atom is -0.335 e. The van der Waals surface area contributed by atoms with E-state index in [2.05, 4.69) is 15.5 Å². The molecular weight excluding hydrogens is 358 g/mol. The highest BCUT2D eigenvalue weighted by atomic mass is 32.2. The summed E-state index contributed by atoms with van der Waals surface area (Å²) in [5, 5.41) is 13.2. The van der Waals surface area contributed by atoms with E-state index in [1.807, 2.05) is 17.5 Å². The number of nitrogens with zero attached hydrogens (tertiary/aromatic N) is 3. The van der Waals surface area contributed by atoms with Gasteiger partial charge in [-0.25, -0.2) is 4.68 Å². The van der Waals surface area contributed by atoms with Crippen molar-refractivity contribution in [1.82, 2.24) is 14.9 Å². The van der Waals surface area contributed by atoms with Crippen LogP contribution in [0.1, 0.15) is 17.3 Å². The molecule has 0 saturated heterocycles. The zero-order valence-electron chi connectivity index (χ0n) is 13.3. The number of nitrogens with two attached hydrogens (primary N) is 1. The first-order valence-corrected chi connectivity index (χ1v) is 9.19. The molecule has 0 fully saturated rings. The lowest BCUT2D eigenvalue weighted by Crippen LogP contribution is -2.16. The third-order valence-electron chi connectivity index (χ3n) is 3.29. The van der Waals surface area contributed by atoms with Crippen molar-refractivity contribution in [3.05, 3.63) is 47.3 Å². The molecule has 0 aliphatic carbocycles. The maximum atomic E-state index is 12.1. The van der Waals surface area contributed by atoms with Crippen LogP contribution in [-0.4, -0.2) is 32.3 Å². The van der Waals surface area contributed by atoms with E-state index in [9.17, 15) is 9.59 Å². The molecule has 0 radical (unpaired) electrons. The maximum Gasteiger partial charge on any atom is 0.234 e. The summed E-state index contributed by atoms with van der Waals surface area (Å²) >= 11 is 2.71. The molecule has 25 heavy (non-hydrogen) atoms. The van der Waals surface area contributed by atoms with Crippen molar-refractivity contribution in [1.29, 1.82) is 0 Å². The number of hydrogen-bond acceptors (Lipinski definition) is 7. The molecule has 3 aromatic rings. The molecule has 0 spiro atoms. The topological polar surface area (TPSA) is 103 Å². The van der Waals surface area contributed by atoms with Crippen LogP contribution in [0.5, 0.6) is 0 Å². The molecule has 0 bridgehead atoms. The summed E-state index contributed by atoms with van der Waals surface area (Å²) in [6, 6.07) is 10.6. The molecule has 0 aliphatic heterocycles. The first kappa shape index (κ1) is 17.2. The summed E-state index contributed by atoms with van der Waals surface area (Å²) in [6.45, 7) is 1.48. The molecule has 3 N–H and O–H groups in total. The fourth-order valence-electron chi connectivity index (χ4n) is 2.09. The lowest BCUT2D eigenvalue weighted by Gasteiger charge is -2.06. The van der Waals surface area contributed by atoms with Gasteiger partial charge < -0.3 is 11.2 Å². The maximum absolute atomic E-state index is 12.1. The van der Waals surface area contributed by atoms with E-state index in [0.29, 0.717) is 22.2 Å². The highest BCUT2D eigenvalue weighted by Crippen LogP contribution is 2.25. The van der Waals surface area contributed by atoms with Crippen molar-refractivity contribution in [2.45, 2.75) is 12.1 Å². The Balaban J connectivity index is 1.61. The van der Waals surface area contributed by atoms with Crippen LogP contribution in [0.25, 0.3) is 10.7 Å². The Morgan fingerprint density at radius 3 is 2.84 bits per heavy atom. The van der Waals surface area contributed by atoms with E-state index >= 15 is 0 Å². The Labute approximate surface area is 152 Å². The van der Waals surface area contributed by atoms with E-state index in [1.165, 1.54) is 34.7 Å². The van der Waals surface area contributed by atoms with Gasteiger partial charge in [0.1, 0.15) is 0 Å². The monoisotopic (exact) mass is 373 g/mol. The minimum atomic E-state index is -0.216. The third kappa shape index (κ3) is 4.06. The molecule has 2 heterocycles. The zero-order valence-corrected chi connectivity index (χ0v) is 14.9. The largest absolute Gasteiger partial charge is 0.335 e. The Kier molecular flexibility index (Phi) is 5.15. The standard InChI is InChI=1S/C16H15N5O2S2/c1-10(22)11-4-2-5-12(8-11)18-14(23)9-25-16-20-19-15(21(16)17)13-6-3-7-24-13/h2-8H,9,17H2,1H3,(H,18,23). The van der Waals surface area contributed by atoms with Gasteiger partial charge in [0.15, 0.2) is 11.6 Å². The number of nitrogens with one attached hydrogen (secondary N) is 1. The van der Waals surface area contributed by atoms with E-state index in [4.69, 9.17) is 5.84 Å². The number of carbonyl (C=O) groups is 2. The average Bonchev–Trinajstić information content (AvgIpc) is 3.23. The van der Waals surface area contributed by atoms with Gasteiger partial charge in [0.25, 0.3) is 0 Å². The zero-order chi connectivity index (χ0) is 17.8. The van der Waals surface area contributed by atoms with E-state index in [1.54, 1.807) is 24.3 Å². The SMILES string of the molecule is CC(=O)c1cccc(NC(=O)CSc2nnc(-c3cccs3)n2N)c1. The van der Waals surface area contributed by atoms with Gasteiger partial charge in [0.2, 0.25) is 11.1 Å². The van der Waals surface area contributed by atoms with Crippen molar-refractivity contribution < 1.29 is 9.59 Å². The van der Waals surface area contributed by atoms with Gasteiger partial charge in [0, 0.05) is 11.3 Å². The number of anilines is 1. The highest BCUT2D eigenvalue weighted by molar-refractivity contribution is 7.99. The van der Waals surface area contributed by atoms with Crippen LogP contribution in [0, 0.1) is 0 Å². The van der Waals surface area contributed by atoms with E-state index < -0.39 is 0 Å². The smallest absolute Gasteiger partial charge is 0.234 e. The summed E-state index contributed by atoms with van der Waals surface area (Å²) in [7, 11) is 0. The van der Waals surface area contributed by atoms with Crippen LogP contribution in [0.4, 0.5) is 5.69 Å². The number of carbonyl (C=O) groups excluding carboxylic acids is 2. The summed E-state index contributed by atoms with van der Waals surface area (Å²) in [5.74, 6) is 6.42. The van der Waals surface area contributed by atoms with E-state index in [0.717, 1.165) is 4.88 Å². The molecule has 0 atom stereocenters. The van der Waals surface area contributed by atoms with Gasteiger partial charge in [-0.15, -0.1) is 21.5 Å². The Hall–Kier alpha value is -2.65. The quantitative estimate of drug-likeness (QED) is 0.391. The number of Topliss-reactive ketones (excluding diaryl/α,β-unsaturated/α-hetero) is 1. The molecule has 0 saturated carbocycles. The first-order valence-electron chi connectivity index (χ1n) is 7.32. The Bertz CT molecular complexity index is 905.